The zero-order valence-corrected chi connectivity index (χ0v) is 16.0. The SMILES string of the molecule is CN=C(NCc1ccc(Cl)cc1Cl)NCC(C)(C)N1CCOCC1. The van der Waals surface area contributed by atoms with Crippen LogP contribution in [0.25, 0.3) is 0 Å². The minimum atomic E-state index is 0.0271. The van der Waals surface area contributed by atoms with Crippen molar-refractivity contribution in [2.45, 2.75) is 25.9 Å². The molecule has 1 aliphatic heterocycles. The molecule has 0 unspecified atom stereocenters. The molecule has 24 heavy (non-hydrogen) atoms. The predicted molar refractivity (Wildman–Crippen MR) is 101 cm³/mol. The summed E-state index contributed by atoms with van der Waals surface area (Å²) < 4.78 is 5.43. The van der Waals surface area contributed by atoms with E-state index in [0.717, 1.165) is 44.4 Å². The van der Waals surface area contributed by atoms with Gasteiger partial charge in [-0.25, -0.2) is 0 Å². The van der Waals surface area contributed by atoms with Gasteiger partial charge in [0.25, 0.3) is 0 Å². The van der Waals surface area contributed by atoms with Gasteiger partial charge in [-0.3, -0.25) is 9.89 Å². The Balaban J connectivity index is 1.85. The minimum Gasteiger partial charge on any atom is -0.379 e. The molecule has 1 aliphatic rings. The zero-order valence-electron chi connectivity index (χ0n) is 14.5. The highest BCUT2D eigenvalue weighted by Crippen LogP contribution is 2.20. The van der Waals surface area contributed by atoms with E-state index in [-0.39, 0.29) is 5.54 Å². The van der Waals surface area contributed by atoms with Crippen molar-refractivity contribution in [2.24, 2.45) is 4.99 Å². The lowest BCUT2D eigenvalue weighted by Crippen LogP contribution is -2.56. The van der Waals surface area contributed by atoms with E-state index in [1.54, 1.807) is 13.1 Å². The number of nitrogens with one attached hydrogen (secondary N) is 2. The van der Waals surface area contributed by atoms with Crippen molar-refractivity contribution in [1.82, 2.24) is 15.5 Å². The fraction of sp³-hybridized carbons (Fsp3) is 0.588. The van der Waals surface area contributed by atoms with Crippen LogP contribution in [0.15, 0.2) is 23.2 Å². The van der Waals surface area contributed by atoms with E-state index in [2.05, 4.69) is 34.4 Å². The number of hydrogen-bond donors (Lipinski definition) is 2. The van der Waals surface area contributed by atoms with Crippen LogP contribution in [0, 0.1) is 0 Å². The molecular weight excluding hydrogens is 347 g/mol. The maximum absolute atomic E-state index is 6.20. The van der Waals surface area contributed by atoms with E-state index in [0.29, 0.717) is 16.6 Å². The highest BCUT2D eigenvalue weighted by atomic mass is 35.5. The third-order valence-corrected chi connectivity index (χ3v) is 4.83. The Bertz CT molecular complexity index is 572. The standard InChI is InChI=1S/C17H26Cl2N4O/c1-17(2,23-6-8-24-9-7-23)12-22-16(20-3)21-11-13-4-5-14(18)10-15(13)19/h4-5,10H,6-9,11-12H2,1-3H3,(H2,20,21,22). The van der Waals surface area contributed by atoms with Crippen LogP contribution >= 0.6 is 23.2 Å². The van der Waals surface area contributed by atoms with Crippen LogP contribution in [-0.4, -0.2) is 56.3 Å². The first-order valence-electron chi connectivity index (χ1n) is 8.13. The second-order valence-corrected chi connectivity index (χ2v) is 7.27. The number of morpholine rings is 1. The third-order valence-electron chi connectivity index (χ3n) is 4.24. The Hall–Kier alpha value is -1.01. The van der Waals surface area contributed by atoms with Gasteiger partial charge in [0.2, 0.25) is 0 Å². The number of halogens is 2. The number of guanidine groups is 1. The second-order valence-electron chi connectivity index (χ2n) is 6.43. The van der Waals surface area contributed by atoms with Gasteiger partial charge >= 0.3 is 0 Å². The third kappa shape index (κ3) is 5.52. The highest BCUT2D eigenvalue weighted by molar-refractivity contribution is 6.35. The Morgan fingerprint density at radius 3 is 2.58 bits per heavy atom. The van der Waals surface area contributed by atoms with Gasteiger partial charge < -0.3 is 15.4 Å². The quantitative estimate of drug-likeness (QED) is 0.616. The van der Waals surface area contributed by atoms with Crippen molar-refractivity contribution in [2.75, 3.05) is 39.9 Å². The van der Waals surface area contributed by atoms with Gasteiger partial charge in [-0.05, 0) is 31.5 Å². The Morgan fingerprint density at radius 1 is 1.25 bits per heavy atom. The monoisotopic (exact) mass is 372 g/mol. The number of rotatable bonds is 5. The van der Waals surface area contributed by atoms with Gasteiger partial charge in [0, 0.05) is 48.8 Å². The fourth-order valence-electron chi connectivity index (χ4n) is 2.65. The molecule has 2 N–H and O–H groups in total. The van der Waals surface area contributed by atoms with Crippen LogP contribution in [0.2, 0.25) is 10.0 Å². The summed E-state index contributed by atoms with van der Waals surface area (Å²) in [5.74, 6) is 0.752. The molecule has 0 aliphatic carbocycles. The topological polar surface area (TPSA) is 48.9 Å². The lowest BCUT2D eigenvalue weighted by atomic mass is 10.0. The number of aliphatic imine (C=N–C) groups is 1. The minimum absolute atomic E-state index is 0.0271. The summed E-state index contributed by atoms with van der Waals surface area (Å²) in [6, 6.07) is 5.50. The van der Waals surface area contributed by atoms with Crippen molar-refractivity contribution in [3.05, 3.63) is 33.8 Å². The lowest BCUT2D eigenvalue weighted by molar-refractivity contribution is -0.00834. The van der Waals surface area contributed by atoms with Crippen molar-refractivity contribution < 1.29 is 4.74 Å². The number of hydrogen-bond acceptors (Lipinski definition) is 3. The molecule has 0 saturated carbocycles. The van der Waals surface area contributed by atoms with Gasteiger partial charge in [0.15, 0.2) is 5.96 Å². The van der Waals surface area contributed by atoms with Gasteiger partial charge in [-0.15, -0.1) is 0 Å². The van der Waals surface area contributed by atoms with E-state index in [1.165, 1.54) is 0 Å². The molecule has 0 radical (unpaired) electrons. The van der Waals surface area contributed by atoms with Crippen LogP contribution in [0.1, 0.15) is 19.4 Å². The highest BCUT2D eigenvalue weighted by Gasteiger charge is 2.28. The van der Waals surface area contributed by atoms with E-state index in [9.17, 15) is 0 Å². The van der Waals surface area contributed by atoms with E-state index >= 15 is 0 Å². The summed E-state index contributed by atoms with van der Waals surface area (Å²) in [7, 11) is 1.76. The Kier molecular flexibility index (Phi) is 7.16. The maximum atomic E-state index is 6.20. The first kappa shape index (κ1) is 19.3. The van der Waals surface area contributed by atoms with Crippen LogP contribution in [0.3, 0.4) is 0 Å². The second kappa shape index (κ2) is 8.90. The molecule has 0 bridgehead atoms. The lowest BCUT2D eigenvalue weighted by Gasteiger charge is -2.41. The van der Waals surface area contributed by atoms with Gasteiger partial charge in [-0.2, -0.15) is 0 Å². The molecule has 0 amide bonds. The molecule has 134 valence electrons. The predicted octanol–water partition coefficient (Wildman–Crippen LogP) is 2.77. The van der Waals surface area contributed by atoms with E-state index in [1.807, 2.05) is 12.1 Å². The summed E-state index contributed by atoms with van der Waals surface area (Å²) in [5, 5.41) is 7.97. The van der Waals surface area contributed by atoms with Gasteiger partial charge in [0.1, 0.15) is 0 Å². The molecule has 2 rings (SSSR count). The van der Waals surface area contributed by atoms with Crippen molar-refractivity contribution in [3.63, 3.8) is 0 Å². The first-order chi connectivity index (χ1) is 11.4. The molecule has 7 heteroatoms. The van der Waals surface area contributed by atoms with Crippen molar-refractivity contribution >= 4 is 29.2 Å². The average molecular weight is 373 g/mol. The van der Waals surface area contributed by atoms with Crippen molar-refractivity contribution in [3.8, 4) is 0 Å². The van der Waals surface area contributed by atoms with Crippen molar-refractivity contribution in [1.29, 1.82) is 0 Å². The zero-order chi connectivity index (χ0) is 17.6. The molecular formula is C17H26Cl2N4O. The van der Waals surface area contributed by atoms with E-state index < -0.39 is 0 Å². The summed E-state index contributed by atoms with van der Waals surface area (Å²) in [5.41, 5.74) is 1.01. The summed E-state index contributed by atoms with van der Waals surface area (Å²) in [6.45, 7) is 9.36. The molecule has 1 aromatic rings. The summed E-state index contributed by atoms with van der Waals surface area (Å²) in [6.07, 6.45) is 0. The van der Waals surface area contributed by atoms with E-state index in [4.69, 9.17) is 27.9 Å². The average Bonchev–Trinajstić information content (AvgIpc) is 2.57. The molecule has 0 spiro atoms. The molecule has 0 atom stereocenters. The van der Waals surface area contributed by atoms with Crippen LogP contribution in [0.5, 0.6) is 0 Å². The summed E-state index contributed by atoms with van der Waals surface area (Å²) >= 11 is 12.1. The van der Waals surface area contributed by atoms with Crippen LogP contribution in [-0.2, 0) is 11.3 Å². The summed E-state index contributed by atoms with van der Waals surface area (Å²) in [4.78, 5) is 6.72. The Morgan fingerprint density at radius 2 is 1.96 bits per heavy atom. The molecule has 1 heterocycles. The van der Waals surface area contributed by atoms with Gasteiger partial charge in [-0.1, -0.05) is 29.3 Å². The van der Waals surface area contributed by atoms with Gasteiger partial charge in [0.05, 0.1) is 13.2 Å². The molecule has 1 aromatic carbocycles. The molecule has 5 nitrogen and oxygen atoms in total. The number of benzene rings is 1. The normalized spacial score (nSPS) is 17.0. The first-order valence-corrected chi connectivity index (χ1v) is 8.89. The Labute approximate surface area is 154 Å². The molecule has 0 aromatic heterocycles. The van der Waals surface area contributed by atoms with Crippen LogP contribution < -0.4 is 10.6 Å². The largest absolute Gasteiger partial charge is 0.379 e. The van der Waals surface area contributed by atoms with Crippen LogP contribution in [0.4, 0.5) is 0 Å². The fourth-order valence-corrected chi connectivity index (χ4v) is 3.12. The molecule has 1 fully saturated rings. The maximum Gasteiger partial charge on any atom is 0.191 e. The number of nitrogens with zero attached hydrogens (tertiary/aromatic N) is 2. The number of ether oxygens (including phenoxy) is 1. The smallest absolute Gasteiger partial charge is 0.191 e. The molecule has 1 saturated heterocycles.